The average molecular weight is 369 g/mol. The molecule has 0 saturated heterocycles. The Kier molecular flexibility index (Phi) is 4.34. The van der Waals surface area contributed by atoms with Gasteiger partial charge in [0, 0.05) is 10.7 Å². The van der Waals surface area contributed by atoms with Gasteiger partial charge in [-0.15, -0.1) is 0 Å². The number of rotatable bonds is 4. The maximum atomic E-state index is 11.5. The maximum Gasteiger partial charge on any atom is 0.175 e. The maximum absolute atomic E-state index is 11.5. The van der Waals surface area contributed by atoms with Crippen LogP contribution in [-0.2, 0) is 9.84 Å². The molecule has 0 radical (unpaired) electrons. The van der Waals surface area contributed by atoms with E-state index < -0.39 is 9.84 Å². The van der Waals surface area contributed by atoms with Crippen LogP contribution in [0.15, 0.2) is 51.8 Å². The molecule has 0 aliphatic rings. The van der Waals surface area contributed by atoms with Gasteiger partial charge >= 0.3 is 0 Å². The molecule has 0 aliphatic heterocycles. The number of nitrogens with two attached hydrogens (primary N) is 1. The van der Waals surface area contributed by atoms with Crippen LogP contribution >= 0.6 is 15.9 Å². The van der Waals surface area contributed by atoms with E-state index in [9.17, 15) is 8.42 Å². The SMILES string of the molecule is CS(=O)(=O)c1cccc(Oc2cccc(Br)c2C(=N)N)c1. The van der Waals surface area contributed by atoms with Gasteiger partial charge in [-0.05, 0) is 46.3 Å². The topological polar surface area (TPSA) is 93.2 Å². The first-order chi connectivity index (χ1) is 9.79. The molecule has 7 heteroatoms. The van der Waals surface area contributed by atoms with Crippen molar-refractivity contribution in [1.29, 1.82) is 5.41 Å². The number of benzene rings is 2. The molecule has 2 aromatic rings. The molecule has 0 aliphatic carbocycles. The van der Waals surface area contributed by atoms with Crippen LogP contribution in [0.25, 0.3) is 0 Å². The van der Waals surface area contributed by atoms with Crippen molar-refractivity contribution in [2.24, 2.45) is 5.73 Å². The fraction of sp³-hybridized carbons (Fsp3) is 0.0714. The molecule has 0 spiro atoms. The van der Waals surface area contributed by atoms with Crippen LogP contribution in [0.4, 0.5) is 0 Å². The lowest BCUT2D eigenvalue weighted by Crippen LogP contribution is -2.13. The van der Waals surface area contributed by atoms with Crippen molar-refractivity contribution in [2.75, 3.05) is 6.26 Å². The van der Waals surface area contributed by atoms with Crippen molar-refractivity contribution < 1.29 is 13.2 Å². The summed E-state index contributed by atoms with van der Waals surface area (Å²) in [7, 11) is -3.31. The zero-order valence-electron chi connectivity index (χ0n) is 11.1. The summed E-state index contributed by atoms with van der Waals surface area (Å²) in [5.41, 5.74) is 5.96. The number of amidine groups is 1. The van der Waals surface area contributed by atoms with Crippen LogP contribution in [0.3, 0.4) is 0 Å². The largest absolute Gasteiger partial charge is 0.457 e. The fourth-order valence-electron chi connectivity index (χ4n) is 1.75. The number of ether oxygens (including phenoxy) is 1. The Morgan fingerprint density at radius 3 is 2.52 bits per heavy atom. The second-order valence-electron chi connectivity index (χ2n) is 4.38. The van der Waals surface area contributed by atoms with E-state index in [1.165, 1.54) is 12.1 Å². The van der Waals surface area contributed by atoms with Crippen molar-refractivity contribution in [1.82, 2.24) is 0 Å². The molecule has 0 fully saturated rings. The molecule has 110 valence electrons. The van der Waals surface area contributed by atoms with Crippen LogP contribution in [0.1, 0.15) is 5.56 Å². The summed E-state index contributed by atoms with van der Waals surface area (Å²) < 4.78 is 29.4. The van der Waals surface area contributed by atoms with Crippen LogP contribution in [0.5, 0.6) is 11.5 Å². The van der Waals surface area contributed by atoms with Gasteiger partial charge in [-0.25, -0.2) is 8.42 Å². The van der Waals surface area contributed by atoms with Crippen molar-refractivity contribution >= 4 is 31.6 Å². The summed E-state index contributed by atoms with van der Waals surface area (Å²) in [6.45, 7) is 0. The van der Waals surface area contributed by atoms with E-state index in [0.29, 0.717) is 21.5 Å². The molecule has 0 saturated carbocycles. The Morgan fingerprint density at radius 1 is 1.24 bits per heavy atom. The predicted octanol–water partition coefficient (Wildman–Crippen LogP) is 2.93. The second kappa shape index (κ2) is 5.87. The first-order valence-corrected chi connectivity index (χ1v) is 8.58. The van der Waals surface area contributed by atoms with E-state index in [0.717, 1.165) is 6.26 Å². The Labute approximate surface area is 131 Å². The highest BCUT2D eigenvalue weighted by Gasteiger charge is 2.13. The number of hydrogen-bond acceptors (Lipinski definition) is 4. The number of nitrogen functional groups attached to an aromatic ring is 1. The molecular weight excluding hydrogens is 356 g/mol. The number of hydrogen-bond donors (Lipinski definition) is 2. The summed E-state index contributed by atoms with van der Waals surface area (Å²) >= 11 is 3.31. The summed E-state index contributed by atoms with van der Waals surface area (Å²) in [6, 6.07) is 11.3. The van der Waals surface area contributed by atoms with Crippen molar-refractivity contribution in [3.8, 4) is 11.5 Å². The molecule has 5 nitrogen and oxygen atoms in total. The summed E-state index contributed by atoms with van der Waals surface area (Å²) in [6.07, 6.45) is 1.13. The van der Waals surface area contributed by atoms with Gasteiger partial charge in [-0.1, -0.05) is 12.1 Å². The van der Waals surface area contributed by atoms with Crippen LogP contribution in [0.2, 0.25) is 0 Å². The molecule has 0 atom stereocenters. The summed E-state index contributed by atoms with van der Waals surface area (Å²) in [5, 5.41) is 7.60. The zero-order chi connectivity index (χ0) is 15.6. The predicted molar refractivity (Wildman–Crippen MR) is 84.8 cm³/mol. The first-order valence-electron chi connectivity index (χ1n) is 5.90. The standard InChI is InChI=1S/C14H13BrN2O3S/c1-21(18,19)10-5-2-4-9(8-10)20-12-7-3-6-11(15)13(12)14(16)17/h2-8H,1H3,(H3,16,17). The fourth-order valence-corrected chi connectivity index (χ4v) is 2.96. The molecule has 3 N–H and O–H groups in total. The van der Waals surface area contributed by atoms with Gasteiger partial charge in [0.15, 0.2) is 9.84 Å². The van der Waals surface area contributed by atoms with Crippen LogP contribution < -0.4 is 10.5 Å². The van der Waals surface area contributed by atoms with E-state index in [1.807, 2.05) is 0 Å². The average Bonchev–Trinajstić information content (AvgIpc) is 2.37. The van der Waals surface area contributed by atoms with Gasteiger partial charge in [0.25, 0.3) is 0 Å². The highest BCUT2D eigenvalue weighted by atomic mass is 79.9. The van der Waals surface area contributed by atoms with Crippen molar-refractivity contribution in [2.45, 2.75) is 4.90 Å². The van der Waals surface area contributed by atoms with Gasteiger partial charge in [0.2, 0.25) is 0 Å². The Morgan fingerprint density at radius 2 is 1.90 bits per heavy atom. The van der Waals surface area contributed by atoms with Gasteiger partial charge in [0.1, 0.15) is 17.3 Å². The minimum absolute atomic E-state index is 0.142. The lowest BCUT2D eigenvalue weighted by molar-refractivity contribution is 0.479. The monoisotopic (exact) mass is 368 g/mol. The highest BCUT2D eigenvalue weighted by Crippen LogP contribution is 2.31. The number of halogens is 1. The van der Waals surface area contributed by atoms with E-state index in [1.54, 1.807) is 30.3 Å². The smallest absolute Gasteiger partial charge is 0.175 e. The third-order valence-electron chi connectivity index (χ3n) is 2.71. The highest BCUT2D eigenvalue weighted by molar-refractivity contribution is 9.10. The Balaban J connectivity index is 2.44. The molecule has 0 bridgehead atoms. The number of sulfone groups is 1. The van der Waals surface area contributed by atoms with E-state index >= 15 is 0 Å². The molecule has 0 aromatic heterocycles. The van der Waals surface area contributed by atoms with E-state index in [4.69, 9.17) is 15.9 Å². The van der Waals surface area contributed by atoms with Gasteiger partial charge < -0.3 is 10.5 Å². The lowest BCUT2D eigenvalue weighted by atomic mass is 10.2. The zero-order valence-corrected chi connectivity index (χ0v) is 13.5. The normalized spacial score (nSPS) is 11.1. The number of nitrogens with one attached hydrogen (secondary N) is 1. The minimum Gasteiger partial charge on any atom is -0.457 e. The van der Waals surface area contributed by atoms with E-state index in [-0.39, 0.29) is 10.7 Å². The minimum atomic E-state index is -3.31. The van der Waals surface area contributed by atoms with Crippen molar-refractivity contribution in [3.63, 3.8) is 0 Å². The van der Waals surface area contributed by atoms with Crippen LogP contribution in [-0.4, -0.2) is 20.5 Å². The van der Waals surface area contributed by atoms with Gasteiger partial charge in [-0.2, -0.15) is 0 Å². The molecule has 2 rings (SSSR count). The quantitative estimate of drug-likeness (QED) is 0.640. The molecular formula is C14H13BrN2O3S. The molecule has 21 heavy (non-hydrogen) atoms. The Bertz CT molecular complexity index is 804. The third kappa shape index (κ3) is 3.62. The molecule has 0 amide bonds. The Hall–Kier alpha value is -1.86. The van der Waals surface area contributed by atoms with Gasteiger partial charge in [0.05, 0.1) is 10.5 Å². The second-order valence-corrected chi connectivity index (χ2v) is 7.25. The third-order valence-corrected chi connectivity index (χ3v) is 4.48. The molecule has 0 unspecified atom stereocenters. The first kappa shape index (κ1) is 15.5. The molecule has 2 aromatic carbocycles. The molecule has 0 heterocycles. The van der Waals surface area contributed by atoms with Gasteiger partial charge in [-0.3, -0.25) is 5.41 Å². The van der Waals surface area contributed by atoms with Crippen molar-refractivity contribution in [3.05, 3.63) is 52.5 Å². The van der Waals surface area contributed by atoms with E-state index in [2.05, 4.69) is 15.9 Å². The summed E-state index contributed by atoms with van der Waals surface area (Å²) in [4.78, 5) is 0.166. The lowest BCUT2D eigenvalue weighted by Gasteiger charge is -2.12. The van der Waals surface area contributed by atoms with Crippen LogP contribution in [0, 0.1) is 5.41 Å². The summed E-state index contributed by atoms with van der Waals surface area (Å²) in [5.74, 6) is 0.595.